The molecule has 0 saturated carbocycles. The summed E-state index contributed by atoms with van der Waals surface area (Å²) in [5, 5.41) is 8.13. The Bertz CT molecular complexity index is 199. The second-order valence-corrected chi connectivity index (χ2v) is 3.49. The van der Waals surface area contributed by atoms with Crippen molar-refractivity contribution in [3.05, 3.63) is 0 Å². The van der Waals surface area contributed by atoms with Gasteiger partial charge < -0.3 is 9.84 Å². The van der Waals surface area contributed by atoms with Crippen molar-refractivity contribution in [1.82, 2.24) is 0 Å². The smallest absolute Gasteiger partial charge is 0.374 e. The van der Waals surface area contributed by atoms with Gasteiger partial charge in [-0.1, -0.05) is 6.92 Å². The standard InChI is InChI=1S/C7H10F2O3/c1-6(3-12-4-6)2-7(8,9)5(10)11/h2-4H2,1H3,(H,10,11). The van der Waals surface area contributed by atoms with Crippen molar-refractivity contribution in [2.75, 3.05) is 13.2 Å². The summed E-state index contributed by atoms with van der Waals surface area (Å²) < 4.78 is 30.0. The molecular formula is C7H10F2O3. The first kappa shape index (κ1) is 9.38. The Balaban J connectivity index is 2.54. The van der Waals surface area contributed by atoms with Gasteiger partial charge in [-0.2, -0.15) is 8.78 Å². The fraction of sp³-hybridized carbons (Fsp3) is 0.857. The summed E-state index contributed by atoms with van der Waals surface area (Å²) in [6.45, 7) is 2.03. The van der Waals surface area contributed by atoms with Gasteiger partial charge in [0.25, 0.3) is 0 Å². The molecule has 0 aromatic carbocycles. The number of carbonyl (C=O) groups is 1. The molecule has 0 spiro atoms. The third-order valence-corrected chi connectivity index (χ3v) is 1.86. The van der Waals surface area contributed by atoms with E-state index >= 15 is 0 Å². The maximum atomic E-state index is 12.6. The number of hydrogen-bond donors (Lipinski definition) is 1. The average Bonchev–Trinajstić information content (AvgIpc) is 1.83. The normalized spacial score (nSPS) is 21.6. The van der Waals surface area contributed by atoms with Crippen molar-refractivity contribution in [3.63, 3.8) is 0 Å². The quantitative estimate of drug-likeness (QED) is 0.708. The van der Waals surface area contributed by atoms with Crippen LogP contribution in [0.15, 0.2) is 0 Å². The summed E-state index contributed by atoms with van der Waals surface area (Å²) in [4.78, 5) is 10.0. The molecule has 1 aliphatic rings. The molecule has 1 aliphatic heterocycles. The Labute approximate surface area is 68.3 Å². The Morgan fingerprint density at radius 3 is 2.42 bits per heavy atom. The van der Waals surface area contributed by atoms with Gasteiger partial charge in [-0.3, -0.25) is 0 Å². The van der Waals surface area contributed by atoms with Crippen molar-refractivity contribution < 1.29 is 23.4 Å². The highest BCUT2D eigenvalue weighted by atomic mass is 19.3. The lowest BCUT2D eigenvalue weighted by Gasteiger charge is -2.39. The molecule has 1 rings (SSSR count). The van der Waals surface area contributed by atoms with E-state index in [0.717, 1.165) is 0 Å². The van der Waals surface area contributed by atoms with E-state index in [1.54, 1.807) is 6.92 Å². The Kier molecular flexibility index (Phi) is 2.07. The maximum Gasteiger partial charge on any atom is 0.374 e. The molecule has 1 heterocycles. The highest BCUT2D eigenvalue weighted by Crippen LogP contribution is 2.38. The molecule has 70 valence electrons. The minimum absolute atomic E-state index is 0.218. The van der Waals surface area contributed by atoms with Gasteiger partial charge >= 0.3 is 11.9 Å². The Hall–Kier alpha value is -0.710. The number of carboxylic acid groups (broad SMARTS) is 1. The van der Waals surface area contributed by atoms with Crippen molar-refractivity contribution in [3.8, 4) is 0 Å². The molecule has 1 N–H and O–H groups in total. The number of carboxylic acids is 1. The maximum absolute atomic E-state index is 12.6. The highest BCUT2D eigenvalue weighted by Gasteiger charge is 2.48. The molecule has 12 heavy (non-hydrogen) atoms. The van der Waals surface area contributed by atoms with Gasteiger partial charge in [0.15, 0.2) is 0 Å². The summed E-state index contributed by atoms with van der Waals surface area (Å²) in [7, 11) is 0. The number of rotatable bonds is 3. The second-order valence-electron chi connectivity index (χ2n) is 3.49. The fourth-order valence-electron chi connectivity index (χ4n) is 1.16. The van der Waals surface area contributed by atoms with Crippen LogP contribution in [0.4, 0.5) is 8.78 Å². The molecule has 3 nitrogen and oxygen atoms in total. The summed E-state index contributed by atoms with van der Waals surface area (Å²) in [6, 6.07) is 0. The van der Waals surface area contributed by atoms with Crippen LogP contribution in [0.3, 0.4) is 0 Å². The summed E-state index contributed by atoms with van der Waals surface area (Å²) >= 11 is 0. The van der Waals surface area contributed by atoms with E-state index in [9.17, 15) is 13.6 Å². The van der Waals surface area contributed by atoms with Crippen molar-refractivity contribution in [2.45, 2.75) is 19.3 Å². The van der Waals surface area contributed by atoms with Crippen LogP contribution in [-0.4, -0.2) is 30.2 Å². The average molecular weight is 180 g/mol. The molecule has 0 aromatic heterocycles. The monoisotopic (exact) mass is 180 g/mol. The molecule has 0 unspecified atom stereocenters. The minimum Gasteiger partial charge on any atom is -0.477 e. The van der Waals surface area contributed by atoms with Crippen molar-refractivity contribution >= 4 is 5.97 Å². The van der Waals surface area contributed by atoms with Gasteiger partial charge in [0, 0.05) is 11.8 Å². The number of alkyl halides is 2. The predicted molar refractivity (Wildman–Crippen MR) is 36.1 cm³/mol. The lowest BCUT2D eigenvalue weighted by molar-refractivity contribution is -0.185. The lowest BCUT2D eigenvalue weighted by atomic mass is 9.82. The first-order valence-corrected chi connectivity index (χ1v) is 3.55. The highest BCUT2D eigenvalue weighted by molar-refractivity contribution is 5.75. The summed E-state index contributed by atoms with van der Waals surface area (Å²) in [5.41, 5.74) is -0.665. The van der Waals surface area contributed by atoms with Gasteiger partial charge in [0.1, 0.15) is 0 Å². The van der Waals surface area contributed by atoms with E-state index < -0.39 is 23.7 Å². The van der Waals surface area contributed by atoms with Gasteiger partial charge in [-0.25, -0.2) is 4.79 Å². The number of hydrogen-bond acceptors (Lipinski definition) is 2. The van der Waals surface area contributed by atoms with Crippen LogP contribution in [-0.2, 0) is 9.53 Å². The largest absolute Gasteiger partial charge is 0.477 e. The molecule has 1 saturated heterocycles. The molecule has 0 atom stereocenters. The number of halogens is 2. The molecule has 0 bridgehead atoms. The second kappa shape index (κ2) is 2.65. The van der Waals surface area contributed by atoms with Crippen LogP contribution < -0.4 is 0 Å². The summed E-state index contributed by atoms with van der Waals surface area (Å²) in [6.07, 6.45) is -0.644. The van der Waals surface area contributed by atoms with E-state index in [2.05, 4.69) is 0 Å². The van der Waals surface area contributed by atoms with Crippen molar-refractivity contribution in [2.24, 2.45) is 5.41 Å². The van der Waals surface area contributed by atoms with Crippen LogP contribution in [0.5, 0.6) is 0 Å². The van der Waals surface area contributed by atoms with Crippen LogP contribution in [0, 0.1) is 5.41 Å². The van der Waals surface area contributed by atoms with E-state index in [4.69, 9.17) is 9.84 Å². The van der Waals surface area contributed by atoms with Crippen LogP contribution in [0.1, 0.15) is 13.3 Å². The van der Waals surface area contributed by atoms with Gasteiger partial charge in [-0.15, -0.1) is 0 Å². The Morgan fingerprint density at radius 1 is 1.67 bits per heavy atom. The molecular weight excluding hydrogens is 170 g/mol. The van der Waals surface area contributed by atoms with Gasteiger partial charge in [0.05, 0.1) is 13.2 Å². The fourth-order valence-corrected chi connectivity index (χ4v) is 1.16. The lowest BCUT2D eigenvalue weighted by Crippen LogP contribution is -2.46. The molecule has 0 aromatic rings. The van der Waals surface area contributed by atoms with Crippen LogP contribution in [0.2, 0.25) is 0 Å². The molecule has 5 heteroatoms. The molecule has 0 aliphatic carbocycles. The predicted octanol–water partition coefficient (Wildman–Crippen LogP) is 1.13. The third kappa shape index (κ3) is 1.72. The van der Waals surface area contributed by atoms with Crippen molar-refractivity contribution in [1.29, 1.82) is 0 Å². The molecule has 0 radical (unpaired) electrons. The third-order valence-electron chi connectivity index (χ3n) is 1.86. The first-order chi connectivity index (χ1) is 5.36. The summed E-state index contributed by atoms with van der Waals surface area (Å²) in [5.74, 6) is -5.69. The van der Waals surface area contributed by atoms with Crippen LogP contribution in [0.25, 0.3) is 0 Å². The van der Waals surface area contributed by atoms with Gasteiger partial charge in [0.2, 0.25) is 0 Å². The molecule has 0 amide bonds. The van der Waals surface area contributed by atoms with E-state index in [-0.39, 0.29) is 13.2 Å². The minimum atomic E-state index is -3.63. The SMILES string of the molecule is CC1(CC(F)(F)C(=O)O)COC1. The van der Waals surface area contributed by atoms with E-state index in [0.29, 0.717) is 0 Å². The number of ether oxygens (including phenoxy) is 1. The van der Waals surface area contributed by atoms with E-state index in [1.807, 2.05) is 0 Å². The zero-order valence-electron chi connectivity index (χ0n) is 6.64. The topological polar surface area (TPSA) is 46.5 Å². The van der Waals surface area contributed by atoms with E-state index in [1.165, 1.54) is 0 Å². The molecule has 1 fully saturated rings. The van der Waals surface area contributed by atoms with Crippen LogP contribution >= 0.6 is 0 Å². The first-order valence-electron chi connectivity index (χ1n) is 3.55. The zero-order valence-corrected chi connectivity index (χ0v) is 6.64. The van der Waals surface area contributed by atoms with Gasteiger partial charge in [-0.05, 0) is 0 Å². The number of aliphatic carboxylic acids is 1. The Morgan fingerprint density at radius 2 is 2.17 bits per heavy atom. The zero-order chi connectivity index (χ0) is 9.41.